The molecule has 1 aromatic heterocycles. The van der Waals surface area contributed by atoms with Gasteiger partial charge in [0.1, 0.15) is 0 Å². The fourth-order valence-electron chi connectivity index (χ4n) is 4.68. The van der Waals surface area contributed by atoms with E-state index in [2.05, 4.69) is 25.3 Å². The van der Waals surface area contributed by atoms with Crippen molar-refractivity contribution >= 4 is 15.8 Å². The molecule has 2 aliphatic heterocycles. The molecule has 1 fully saturated rings. The van der Waals surface area contributed by atoms with Gasteiger partial charge < -0.3 is 14.0 Å². The van der Waals surface area contributed by atoms with E-state index >= 15 is 0 Å². The van der Waals surface area contributed by atoms with Crippen LogP contribution in [-0.2, 0) is 15.6 Å². The van der Waals surface area contributed by atoms with E-state index in [4.69, 9.17) is 9.47 Å². The number of hydrogen-bond acceptors (Lipinski definition) is 6. The van der Waals surface area contributed by atoms with Gasteiger partial charge in [-0.3, -0.25) is 9.69 Å². The lowest BCUT2D eigenvalue weighted by Gasteiger charge is -2.33. The zero-order chi connectivity index (χ0) is 23.3. The van der Waals surface area contributed by atoms with E-state index in [1.807, 2.05) is 24.8 Å². The first-order valence-corrected chi connectivity index (χ1v) is 12.3. The Balaban J connectivity index is 1.41. The van der Waals surface area contributed by atoms with Crippen molar-refractivity contribution in [3.8, 4) is 11.5 Å². The minimum atomic E-state index is -3.63. The zero-order valence-corrected chi connectivity index (χ0v) is 20.2. The molecular weight excluding hydrogens is 430 g/mol. The van der Waals surface area contributed by atoms with Gasteiger partial charge in [-0.25, -0.2) is 8.42 Å². The van der Waals surface area contributed by atoms with Crippen molar-refractivity contribution in [1.82, 2.24) is 13.8 Å². The predicted octanol–water partition coefficient (Wildman–Crippen LogP) is 2.78. The molecule has 32 heavy (non-hydrogen) atoms. The van der Waals surface area contributed by atoms with Crippen LogP contribution < -0.4 is 9.47 Å². The van der Waals surface area contributed by atoms with Gasteiger partial charge in [0, 0.05) is 54.7 Å². The number of benzene rings is 1. The molecular formula is C23H31N3O5S. The molecule has 0 N–H and O–H groups in total. The van der Waals surface area contributed by atoms with Crippen molar-refractivity contribution in [2.45, 2.75) is 45.1 Å². The van der Waals surface area contributed by atoms with Crippen molar-refractivity contribution in [2.75, 3.05) is 39.5 Å². The molecule has 0 atom stereocenters. The maximum atomic E-state index is 13.1. The van der Waals surface area contributed by atoms with Crippen LogP contribution in [0.15, 0.2) is 29.2 Å². The third-order valence-corrected chi connectivity index (χ3v) is 7.98. The smallest absolute Gasteiger partial charge is 0.243 e. The first-order chi connectivity index (χ1) is 15.0. The number of Topliss-reactive ketones (excluding diaryl/α,β-unsaturated/α-hetero) is 1. The Kier molecular flexibility index (Phi) is 5.85. The highest BCUT2D eigenvalue weighted by molar-refractivity contribution is 7.89. The number of rotatable bonds is 5. The van der Waals surface area contributed by atoms with Gasteiger partial charge in [-0.05, 0) is 52.8 Å². The summed E-state index contributed by atoms with van der Waals surface area (Å²) in [6.45, 7) is 12.5. The summed E-state index contributed by atoms with van der Waals surface area (Å²) in [5.41, 5.74) is 2.69. The van der Waals surface area contributed by atoms with Gasteiger partial charge in [0.15, 0.2) is 17.3 Å². The van der Waals surface area contributed by atoms with E-state index in [9.17, 15) is 13.2 Å². The van der Waals surface area contributed by atoms with Crippen LogP contribution in [0.3, 0.4) is 0 Å². The van der Waals surface area contributed by atoms with Gasteiger partial charge in [0.05, 0.1) is 11.4 Å². The summed E-state index contributed by atoms with van der Waals surface area (Å²) in [5, 5.41) is 0. The first-order valence-electron chi connectivity index (χ1n) is 10.8. The highest BCUT2D eigenvalue weighted by atomic mass is 32.2. The van der Waals surface area contributed by atoms with E-state index in [1.54, 1.807) is 12.1 Å². The molecule has 8 nitrogen and oxygen atoms in total. The van der Waals surface area contributed by atoms with Gasteiger partial charge >= 0.3 is 0 Å². The molecule has 2 aromatic rings. The fourth-order valence-corrected chi connectivity index (χ4v) is 6.12. The van der Waals surface area contributed by atoms with Crippen molar-refractivity contribution in [2.24, 2.45) is 0 Å². The summed E-state index contributed by atoms with van der Waals surface area (Å²) in [6, 6.07) is 6.64. The molecule has 2 aliphatic rings. The molecule has 1 aromatic carbocycles. The summed E-state index contributed by atoms with van der Waals surface area (Å²) >= 11 is 0. The van der Waals surface area contributed by atoms with Gasteiger partial charge in [-0.15, -0.1) is 0 Å². The van der Waals surface area contributed by atoms with E-state index in [0.717, 1.165) is 17.0 Å². The Hall–Kier alpha value is -2.36. The Morgan fingerprint density at radius 1 is 1.00 bits per heavy atom. The minimum absolute atomic E-state index is 0.0701. The first kappa shape index (κ1) is 22.8. The van der Waals surface area contributed by atoms with Gasteiger partial charge in [0.25, 0.3) is 0 Å². The van der Waals surface area contributed by atoms with Gasteiger partial charge in [-0.1, -0.05) is 0 Å². The summed E-state index contributed by atoms with van der Waals surface area (Å²) in [4.78, 5) is 15.2. The molecule has 0 unspecified atom stereocenters. The maximum absolute atomic E-state index is 13.1. The van der Waals surface area contributed by atoms with Gasteiger partial charge in [-0.2, -0.15) is 4.31 Å². The number of ketones is 1. The van der Waals surface area contributed by atoms with Crippen LogP contribution in [0.2, 0.25) is 0 Å². The number of ether oxygens (including phenoxy) is 2. The third-order valence-electron chi connectivity index (χ3n) is 6.08. The van der Waals surface area contributed by atoms with E-state index in [0.29, 0.717) is 37.7 Å². The Labute approximate surface area is 189 Å². The second kappa shape index (κ2) is 8.20. The maximum Gasteiger partial charge on any atom is 0.243 e. The van der Waals surface area contributed by atoms with Crippen molar-refractivity contribution in [3.63, 3.8) is 0 Å². The number of nitrogens with zero attached hydrogens (tertiary/aromatic N) is 3. The molecule has 174 valence electrons. The summed E-state index contributed by atoms with van der Waals surface area (Å²) < 4.78 is 40.4. The quantitative estimate of drug-likeness (QED) is 0.637. The normalized spacial score (nSPS) is 17.7. The predicted molar refractivity (Wildman–Crippen MR) is 121 cm³/mol. The number of carbonyl (C=O) groups excluding carboxylic acids is 1. The Bertz CT molecular complexity index is 1140. The Morgan fingerprint density at radius 3 is 2.28 bits per heavy atom. The average Bonchev–Trinajstić information content (AvgIpc) is 3.31. The van der Waals surface area contributed by atoms with Crippen LogP contribution in [0.1, 0.15) is 42.5 Å². The second-order valence-corrected chi connectivity index (χ2v) is 11.3. The number of aromatic nitrogens is 1. The summed E-state index contributed by atoms with van der Waals surface area (Å²) in [7, 11) is -3.63. The van der Waals surface area contributed by atoms with E-state index in [1.165, 1.54) is 10.4 Å². The van der Waals surface area contributed by atoms with Crippen LogP contribution in [0.4, 0.5) is 0 Å². The van der Waals surface area contributed by atoms with Crippen LogP contribution in [0, 0.1) is 13.8 Å². The van der Waals surface area contributed by atoms with Crippen LogP contribution in [0.25, 0.3) is 0 Å². The molecule has 0 bridgehead atoms. The average molecular weight is 462 g/mol. The second-order valence-electron chi connectivity index (χ2n) is 9.41. The number of piperazine rings is 1. The lowest BCUT2D eigenvalue weighted by Crippen LogP contribution is -2.49. The van der Waals surface area contributed by atoms with Crippen molar-refractivity contribution < 1.29 is 22.7 Å². The highest BCUT2D eigenvalue weighted by Gasteiger charge is 2.31. The topological polar surface area (TPSA) is 81.1 Å². The molecule has 0 saturated carbocycles. The molecule has 0 radical (unpaired) electrons. The molecule has 0 spiro atoms. The van der Waals surface area contributed by atoms with Crippen molar-refractivity contribution in [3.05, 3.63) is 41.2 Å². The van der Waals surface area contributed by atoms with Crippen LogP contribution in [0.5, 0.6) is 11.5 Å². The SMILES string of the molecule is Cc1cc(C(=O)CN2CCN(S(=O)(=O)c3ccc4c(c3)OCO4)CC2)c(C)n1C(C)(C)C. The van der Waals surface area contributed by atoms with Crippen molar-refractivity contribution in [1.29, 1.82) is 0 Å². The highest BCUT2D eigenvalue weighted by Crippen LogP contribution is 2.34. The standard InChI is InChI=1S/C23H31N3O5S/c1-16-12-19(17(2)26(16)23(3,4)5)20(27)14-24-8-10-25(11-9-24)32(28,29)18-6-7-21-22(13-18)31-15-30-21/h6-7,12-13H,8-11,14-15H2,1-5H3. The van der Waals surface area contributed by atoms with Crippen LogP contribution >= 0.6 is 0 Å². The third kappa shape index (κ3) is 4.16. The molecule has 0 aliphatic carbocycles. The lowest BCUT2D eigenvalue weighted by molar-refractivity contribution is 0.0901. The molecule has 0 amide bonds. The monoisotopic (exact) mass is 461 g/mol. The Morgan fingerprint density at radius 2 is 1.66 bits per heavy atom. The zero-order valence-electron chi connectivity index (χ0n) is 19.3. The van der Waals surface area contributed by atoms with Gasteiger partial charge in [0.2, 0.25) is 16.8 Å². The molecule has 9 heteroatoms. The molecule has 3 heterocycles. The number of aryl methyl sites for hydroxylation is 1. The number of sulfonamides is 1. The number of carbonyl (C=O) groups is 1. The number of fused-ring (bicyclic) bond motifs is 1. The summed E-state index contributed by atoms with van der Waals surface area (Å²) in [5.74, 6) is 1.07. The molecule has 1 saturated heterocycles. The van der Waals surface area contributed by atoms with Crippen LogP contribution in [-0.4, -0.2) is 67.5 Å². The lowest BCUT2D eigenvalue weighted by atomic mass is 10.1. The number of hydrogen-bond donors (Lipinski definition) is 0. The van der Waals surface area contributed by atoms with E-state index in [-0.39, 0.29) is 29.6 Å². The summed E-state index contributed by atoms with van der Waals surface area (Å²) in [6.07, 6.45) is 0. The fraction of sp³-hybridized carbons (Fsp3) is 0.522. The molecule has 4 rings (SSSR count). The minimum Gasteiger partial charge on any atom is -0.454 e. The van der Waals surface area contributed by atoms with E-state index < -0.39 is 10.0 Å². The largest absolute Gasteiger partial charge is 0.454 e.